The van der Waals surface area contributed by atoms with Crippen molar-refractivity contribution in [1.29, 1.82) is 0 Å². The number of hydrogen-bond donors (Lipinski definition) is 1. The van der Waals surface area contributed by atoms with E-state index in [1.54, 1.807) is 10.8 Å². The van der Waals surface area contributed by atoms with Gasteiger partial charge in [0.25, 0.3) is 0 Å². The fourth-order valence-electron chi connectivity index (χ4n) is 2.58. The van der Waals surface area contributed by atoms with Crippen molar-refractivity contribution in [3.63, 3.8) is 0 Å². The average Bonchev–Trinajstić information content (AvgIpc) is 3.05. The molecule has 5 heteroatoms. The molecule has 3 rings (SSSR count). The Balaban J connectivity index is 1.86. The van der Waals surface area contributed by atoms with Crippen LogP contribution in [0.25, 0.3) is 11.3 Å². The lowest BCUT2D eigenvalue weighted by Crippen LogP contribution is -2.03. The number of allylic oxidation sites excluding steroid dienone is 3. The van der Waals surface area contributed by atoms with Gasteiger partial charge in [-0.1, -0.05) is 37.3 Å². The molecule has 1 N–H and O–H groups in total. The Kier molecular flexibility index (Phi) is 4.10. The van der Waals surface area contributed by atoms with Crippen molar-refractivity contribution in [3.05, 3.63) is 59.4 Å². The van der Waals surface area contributed by atoms with Gasteiger partial charge >= 0.3 is 5.97 Å². The molecular formula is C18H19N3O2. The van der Waals surface area contributed by atoms with E-state index in [1.165, 1.54) is 5.56 Å². The number of aromatic nitrogens is 3. The highest BCUT2D eigenvalue weighted by Crippen LogP contribution is 2.24. The molecule has 0 bridgehead atoms. The van der Waals surface area contributed by atoms with Crippen LogP contribution in [0.1, 0.15) is 43.9 Å². The van der Waals surface area contributed by atoms with E-state index in [1.807, 2.05) is 24.4 Å². The van der Waals surface area contributed by atoms with Crippen LogP contribution in [0.15, 0.2) is 48.2 Å². The van der Waals surface area contributed by atoms with Crippen molar-refractivity contribution in [2.75, 3.05) is 0 Å². The van der Waals surface area contributed by atoms with Crippen LogP contribution in [0.5, 0.6) is 0 Å². The minimum absolute atomic E-state index is 0.415. The zero-order chi connectivity index (χ0) is 16.4. The predicted molar refractivity (Wildman–Crippen MR) is 88.4 cm³/mol. The van der Waals surface area contributed by atoms with Crippen LogP contribution >= 0.6 is 0 Å². The molecule has 0 atom stereocenters. The summed E-state index contributed by atoms with van der Waals surface area (Å²) in [6.07, 6.45) is 6.79. The topological polar surface area (TPSA) is 68.0 Å². The maximum atomic E-state index is 11.1. The van der Waals surface area contributed by atoms with Crippen LogP contribution < -0.4 is 0 Å². The summed E-state index contributed by atoms with van der Waals surface area (Å²) in [5.41, 5.74) is 4.14. The Morgan fingerprint density at radius 1 is 1.26 bits per heavy atom. The Bertz CT molecular complexity index is 783. The van der Waals surface area contributed by atoms with Gasteiger partial charge in [-0.05, 0) is 42.5 Å². The van der Waals surface area contributed by atoms with Crippen molar-refractivity contribution in [2.45, 2.75) is 32.6 Å². The standard InChI is InChI=1S/C18H19N3O2/c1-12(2)13-6-8-16(9-7-13)21-11-17(19-20-21)14-4-3-5-15(10-14)18(22)23/h4,6-12H,3,5H2,1-2H3,(H,22,23). The summed E-state index contributed by atoms with van der Waals surface area (Å²) in [6, 6.07) is 8.20. The lowest BCUT2D eigenvalue weighted by molar-refractivity contribution is -0.132. The smallest absolute Gasteiger partial charge is 0.331 e. The van der Waals surface area contributed by atoms with E-state index in [4.69, 9.17) is 5.11 Å². The van der Waals surface area contributed by atoms with E-state index in [-0.39, 0.29) is 0 Å². The third-order valence-corrected chi connectivity index (χ3v) is 4.00. The van der Waals surface area contributed by atoms with Gasteiger partial charge < -0.3 is 5.11 Å². The van der Waals surface area contributed by atoms with Crippen LogP contribution in [0.3, 0.4) is 0 Å². The summed E-state index contributed by atoms with van der Waals surface area (Å²) in [6.45, 7) is 4.31. The van der Waals surface area contributed by atoms with Crippen molar-refractivity contribution >= 4 is 11.5 Å². The Morgan fingerprint density at radius 2 is 2.00 bits per heavy atom. The van der Waals surface area contributed by atoms with Gasteiger partial charge in [0.2, 0.25) is 0 Å². The second-order valence-electron chi connectivity index (χ2n) is 5.97. The Hall–Kier alpha value is -2.69. The van der Waals surface area contributed by atoms with E-state index in [9.17, 15) is 4.79 Å². The van der Waals surface area contributed by atoms with Gasteiger partial charge in [-0.25, -0.2) is 9.48 Å². The second kappa shape index (κ2) is 6.20. The van der Waals surface area contributed by atoms with Gasteiger partial charge in [0, 0.05) is 11.1 Å². The molecule has 0 radical (unpaired) electrons. The average molecular weight is 309 g/mol. The van der Waals surface area contributed by atoms with E-state index >= 15 is 0 Å². The summed E-state index contributed by atoms with van der Waals surface area (Å²) in [4.78, 5) is 11.1. The largest absolute Gasteiger partial charge is 0.478 e. The first-order chi connectivity index (χ1) is 11.0. The first kappa shape index (κ1) is 15.2. The number of nitrogens with zero attached hydrogens (tertiary/aromatic N) is 3. The number of carbonyl (C=O) groups is 1. The summed E-state index contributed by atoms with van der Waals surface area (Å²) in [5.74, 6) is -0.380. The van der Waals surface area contributed by atoms with E-state index < -0.39 is 5.97 Å². The highest BCUT2D eigenvalue weighted by atomic mass is 16.4. The number of carboxylic acid groups (broad SMARTS) is 1. The Labute approximate surface area is 135 Å². The quantitative estimate of drug-likeness (QED) is 0.937. The maximum Gasteiger partial charge on any atom is 0.331 e. The SMILES string of the molecule is CC(C)c1ccc(-n2cc(C3=CCCC(C(=O)O)=C3)nn2)cc1. The van der Waals surface area contributed by atoms with Gasteiger partial charge in [0.15, 0.2) is 0 Å². The first-order valence-corrected chi connectivity index (χ1v) is 7.71. The minimum atomic E-state index is -0.868. The van der Waals surface area contributed by atoms with Gasteiger partial charge in [-0.3, -0.25) is 0 Å². The van der Waals surface area contributed by atoms with Crippen LogP contribution in [-0.4, -0.2) is 26.1 Å². The van der Waals surface area contributed by atoms with E-state index in [0.29, 0.717) is 30.0 Å². The summed E-state index contributed by atoms with van der Waals surface area (Å²) >= 11 is 0. The molecule has 1 aromatic carbocycles. The van der Waals surface area contributed by atoms with Crippen LogP contribution in [-0.2, 0) is 4.79 Å². The molecule has 0 saturated carbocycles. The van der Waals surface area contributed by atoms with Crippen molar-refractivity contribution < 1.29 is 9.90 Å². The highest BCUT2D eigenvalue weighted by Gasteiger charge is 2.15. The fraction of sp³-hybridized carbons (Fsp3) is 0.278. The molecule has 0 spiro atoms. The third-order valence-electron chi connectivity index (χ3n) is 4.00. The lowest BCUT2D eigenvalue weighted by atomic mass is 9.98. The molecule has 0 fully saturated rings. The number of aliphatic carboxylic acids is 1. The van der Waals surface area contributed by atoms with E-state index in [2.05, 4.69) is 36.3 Å². The van der Waals surface area contributed by atoms with Gasteiger partial charge in [0.1, 0.15) is 5.69 Å². The molecule has 118 valence electrons. The van der Waals surface area contributed by atoms with Crippen molar-refractivity contribution in [3.8, 4) is 5.69 Å². The number of carboxylic acids is 1. The molecule has 1 heterocycles. The number of hydrogen-bond acceptors (Lipinski definition) is 3. The number of benzene rings is 1. The van der Waals surface area contributed by atoms with Crippen LogP contribution in [0, 0.1) is 0 Å². The molecule has 0 aliphatic heterocycles. The van der Waals surface area contributed by atoms with Gasteiger partial charge in [-0.15, -0.1) is 5.10 Å². The predicted octanol–water partition coefficient (Wildman–Crippen LogP) is 3.58. The molecule has 0 amide bonds. The van der Waals surface area contributed by atoms with Crippen LogP contribution in [0.2, 0.25) is 0 Å². The molecule has 1 aliphatic rings. The normalized spacial score (nSPS) is 14.6. The molecule has 5 nitrogen and oxygen atoms in total. The van der Waals surface area contributed by atoms with Gasteiger partial charge in [-0.2, -0.15) is 0 Å². The molecule has 2 aromatic rings. The monoisotopic (exact) mass is 309 g/mol. The summed E-state index contributed by atoms with van der Waals surface area (Å²) < 4.78 is 1.71. The minimum Gasteiger partial charge on any atom is -0.478 e. The summed E-state index contributed by atoms with van der Waals surface area (Å²) in [7, 11) is 0. The van der Waals surface area contributed by atoms with Crippen molar-refractivity contribution in [2.24, 2.45) is 0 Å². The zero-order valence-corrected chi connectivity index (χ0v) is 13.2. The molecule has 0 saturated heterocycles. The highest BCUT2D eigenvalue weighted by molar-refractivity contribution is 5.91. The molecule has 1 aliphatic carbocycles. The Morgan fingerprint density at radius 3 is 2.65 bits per heavy atom. The maximum absolute atomic E-state index is 11.1. The van der Waals surface area contributed by atoms with Crippen LogP contribution in [0.4, 0.5) is 0 Å². The van der Waals surface area contributed by atoms with E-state index in [0.717, 1.165) is 11.3 Å². The molecule has 1 aromatic heterocycles. The molecular weight excluding hydrogens is 290 g/mol. The molecule has 0 unspecified atom stereocenters. The third kappa shape index (κ3) is 3.23. The molecule has 23 heavy (non-hydrogen) atoms. The zero-order valence-electron chi connectivity index (χ0n) is 13.2. The second-order valence-corrected chi connectivity index (χ2v) is 5.97. The van der Waals surface area contributed by atoms with Gasteiger partial charge in [0.05, 0.1) is 11.9 Å². The lowest BCUT2D eigenvalue weighted by Gasteiger charge is -2.08. The summed E-state index contributed by atoms with van der Waals surface area (Å²) in [5, 5.41) is 17.5. The van der Waals surface area contributed by atoms with Crippen molar-refractivity contribution in [1.82, 2.24) is 15.0 Å². The fourth-order valence-corrected chi connectivity index (χ4v) is 2.58. The number of rotatable bonds is 4. The first-order valence-electron chi connectivity index (χ1n) is 7.71.